The summed E-state index contributed by atoms with van der Waals surface area (Å²) < 4.78 is 30.7. The van der Waals surface area contributed by atoms with Crippen molar-refractivity contribution in [1.29, 1.82) is 0 Å². The van der Waals surface area contributed by atoms with Crippen LogP contribution in [0.15, 0.2) is 82.8 Å². The molecule has 3 aromatic carbocycles. The van der Waals surface area contributed by atoms with E-state index in [1.165, 1.54) is 30.5 Å². The van der Waals surface area contributed by atoms with E-state index >= 15 is 0 Å². The smallest absolute Gasteiger partial charge is 0.339 e. The monoisotopic (exact) mass is 520 g/mol. The zero-order valence-corrected chi connectivity index (χ0v) is 18.3. The molecule has 0 radical (unpaired) electrons. The second kappa shape index (κ2) is 9.19. The maximum Gasteiger partial charge on any atom is 0.339 e. The minimum absolute atomic E-state index is 0.0898. The van der Waals surface area contributed by atoms with Crippen molar-refractivity contribution in [2.24, 2.45) is 5.10 Å². The van der Waals surface area contributed by atoms with Gasteiger partial charge in [0.2, 0.25) is 0 Å². The van der Waals surface area contributed by atoms with Crippen LogP contribution in [0.2, 0.25) is 0 Å². The van der Waals surface area contributed by atoms with Crippen molar-refractivity contribution >= 4 is 44.8 Å². The van der Waals surface area contributed by atoms with Crippen LogP contribution in [0, 0.1) is 10.5 Å². The molecule has 0 fully saturated rings. The van der Waals surface area contributed by atoms with E-state index in [0.29, 0.717) is 11.1 Å². The van der Waals surface area contributed by atoms with Gasteiger partial charge in [-0.05, 0) is 89.7 Å². The Bertz CT molecular complexity index is 1140. The van der Waals surface area contributed by atoms with Gasteiger partial charge in [-0.1, -0.05) is 23.8 Å². The Morgan fingerprint density at radius 2 is 1.72 bits per heavy atom. The Balaban J connectivity index is 1.62. The Kier molecular flexibility index (Phi) is 6.65. The molecule has 0 saturated heterocycles. The van der Waals surface area contributed by atoms with Crippen LogP contribution in [-0.2, 0) is 10.1 Å². The maximum absolute atomic E-state index is 12.3. The number of benzene rings is 3. The first kappa shape index (κ1) is 21.0. The molecular weight excluding hydrogens is 503 g/mol. The first-order chi connectivity index (χ1) is 13.8. The fourth-order valence-electron chi connectivity index (χ4n) is 2.35. The minimum Gasteiger partial charge on any atom is -0.379 e. The molecule has 1 amide bonds. The van der Waals surface area contributed by atoms with Crippen LogP contribution in [0.4, 0.5) is 0 Å². The predicted octanol–water partition coefficient (Wildman–Crippen LogP) is 4.13. The van der Waals surface area contributed by atoms with Gasteiger partial charge in [0.25, 0.3) is 5.91 Å². The van der Waals surface area contributed by atoms with E-state index in [2.05, 4.69) is 33.1 Å². The van der Waals surface area contributed by atoms with Gasteiger partial charge in [-0.3, -0.25) is 4.79 Å². The number of aryl methyl sites for hydroxylation is 1. The number of rotatable bonds is 6. The first-order valence-corrected chi connectivity index (χ1v) is 11.0. The number of carbonyl (C=O) groups is 1. The lowest BCUT2D eigenvalue weighted by Crippen LogP contribution is -2.17. The Morgan fingerprint density at radius 3 is 2.38 bits per heavy atom. The highest BCUT2D eigenvalue weighted by molar-refractivity contribution is 14.1. The summed E-state index contributed by atoms with van der Waals surface area (Å²) in [6.07, 6.45) is 1.46. The lowest BCUT2D eigenvalue weighted by molar-refractivity contribution is 0.0955. The summed E-state index contributed by atoms with van der Waals surface area (Å²) in [7, 11) is -3.90. The largest absolute Gasteiger partial charge is 0.379 e. The highest BCUT2D eigenvalue weighted by atomic mass is 127. The molecule has 3 aromatic rings. The van der Waals surface area contributed by atoms with Crippen molar-refractivity contribution in [1.82, 2.24) is 5.43 Å². The van der Waals surface area contributed by atoms with Gasteiger partial charge in [0.05, 0.1) is 6.21 Å². The summed E-state index contributed by atoms with van der Waals surface area (Å²) in [5.41, 5.74) is 4.60. The van der Waals surface area contributed by atoms with Gasteiger partial charge in [0.15, 0.2) is 0 Å². The summed E-state index contributed by atoms with van der Waals surface area (Å²) in [5, 5.41) is 3.92. The number of hydrogen-bond donors (Lipinski definition) is 1. The summed E-state index contributed by atoms with van der Waals surface area (Å²) in [4.78, 5) is 12.1. The second-order valence-electron chi connectivity index (χ2n) is 6.13. The van der Waals surface area contributed by atoms with Crippen molar-refractivity contribution in [2.75, 3.05) is 0 Å². The quantitative estimate of drug-likeness (QED) is 0.229. The third kappa shape index (κ3) is 5.88. The molecule has 0 heterocycles. The average molecular weight is 520 g/mol. The molecule has 0 aliphatic heterocycles. The molecular formula is C21H17IN2O4S. The lowest BCUT2D eigenvalue weighted by atomic mass is 10.2. The number of hydrogen-bond acceptors (Lipinski definition) is 5. The average Bonchev–Trinajstić information content (AvgIpc) is 2.69. The van der Waals surface area contributed by atoms with Crippen LogP contribution < -0.4 is 9.61 Å². The molecule has 0 atom stereocenters. The van der Waals surface area contributed by atoms with Crippen LogP contribution in [0.5, 0.6) is 5.75 Å². The fraction of sp³-hybridized carbons (Fsp3) is 0.0476. The number of amides is 1. The molecule has 8 heteroatoms. The van der Waals surface area contributed by atoms with Crippen molar-refractivity contribution in [3.8, 4) is 5.75 Å². The van der Waals surface area contributed by atoms with Crippen LogP contribution in [-0.4, -0.2) is 20.5 Å². The molecule has 6 nitrogen and oxygen atoms in total. The molecule has 29 heavy (non-hydrogen) atoms. The fourth-order valence-corrected chi connectivity index (χ4v) is 3.82. The van der Waals surface area contributed by atoms with Crippen LogP contribution in [0.1, 0.15) is 21.5 Å². The zero-order valence-electron chi connectivity index (χ0n) is 15.4. The third-order valence-corrected chi connectivity index (χ3v) is 5.79. The first-order valence-electron chi connectivity index (χ1n) is 8.54. The molecule has 0 saturated carbocycles. The van der Waals surface area contributed by atoms with Gasteiger partial charge in [-0.25, -0.2) is 5.43 Å². The van der Waals surface area contributed by atoms with Gasteiger partial charge in [0.1, 0.15) is 10.6 Å². The van der Waals surface area contributed by atoms with Crippen LogP contribution >= 0.6 is 22.6 Å². The van der Waals surface area contributed by atoms with Crippen molar-refractivity contribution in [2.45, 2.75) is 11.8 Å². The zero-order chi connectivity index (χ0) is 20.9. The molecule has 0 spiro atoms. The van der Waals surface area contributed by atoms with Crippen LogP contribution in [0.3, 0.4) is 0 Å². The van der Waals surface area contributed by atoms with E-state index in [1.54, 1.807) is 42.5 Å². The molecule has 0 unspecified atom stereocenters. The highest BCUT2D eigenvalue weighted by Crippen LogP contribution is 2.19. The van der Waals surface area contributed by atoms with E-state index in [0.717, 1.165) is 9.13 Å². The third-order valence-electron chi connectivity index (χ3n) is 3.86. The minimum atomic E-state index is -3.90. The predicted molar refractivity (Wildman–Crippen MR) is 120 cm³/mol. The second-order valence-corrected chi connectivity index (χ2v) is 8.92. The van der Waals surface area contributed by atoms with Gasteiger partial charge in [0, 0.05) is 9.13 Å². The Hall–Kier alpha value is -2.72. The van der Waals surface area contributed by atoms with E-state index in [9.17, 15) is 13.2 Å². The summed E-state index contributed by atoms with van der Waals surface area (Å²) >= 11 is 2.13. The molecule has 0 bridgehead atoms. The molecule has 0 aliphatic carbocycles. The molecule has 0 aromatic heterocycles. The van der Waals surface area contributed by atoms with Gasteiger partial charge < -0.3 is 4.18 Å². The molecule has 3 rings (SSSR count). The Labute approximate surface area is 182 Å². The number of carbonyl (C=O) groups excluding carboxylic acids is 1. The lowest BCUT2D eigenvalue weighted by Gasteiger charge is -2.07. The molecule has 148 valence electrons. The normalized spacial score (nSPS) is 11.4. The maximum atomic E-state index is 12.3. The number of nitrogens with one attached hydrogen (secondary N) is 1. The van der Waals surface area contributed by atoms with E-state index in [1.807, 2.05) is 13.0 Å². The number of nitrogens with zero attached hydrogens (tertiary/aromatic N) is 1. The van der Waals surface area contributed by atoms with Crippen molar-refractivity contribution in [3.05, 3.63) is 93.1 Å². The summed E-state index contributed by atoms with van der Waals surface area (Å²) in [6.45, 7) is 1.88. The Morgan fingerprint density at radius 1 is 1.03 bits per heavy atom. The molecule has 0 aliphatic rings. The summed E-state index contributed by atoms with van der Waals surface area (Å²) in [6, 6.07) is 19.9. The van der Waals surface area contributed by atoms with Crippen molar-refractivity contribution < 1.29 is 17.4 Å². The standard InChI is InChI=1S/C21H17IN2O4S/c1-15-5-11-20(12-6-15)29(26,27)28-19-9-7-16(8-10-19)14-23-24-21(25)17-3-2-4-18(22)13-17/h2-14H,1H3,(H,24,25)/b23-14-. The SMILES string of the molecule is Cc1ccc(S(=O)(=O)Oc2ccc(/C=N\NC(=O)c3cccc(I)c3)cc2)cc1. The number of hydrazone groups is 1. The number of halogens is 1. The summed E-state index contributed by atoms with van der Waals surface area (Å²) in [5.74, 6) is -0.130. The van der Waals surface area contributed by atoms with Gasteiger partial charge in [-0.15, -0.1) is 0 Å². The van der Waals surface area contributed by atoms with Crippen molar-refractivity contribution in [3.63, 3.8) is 0 Å². The van der Waals surface area contributed by atoms with E-state index in [-0.39, 0.29) is 16.6 Å². The van der Waals surface area contributed by atoms with Crippen LogP contribution in [0.25, 0.3) is 0 Å². The van der Waals surface area contributed by atoms with Gasteiger partial charge >= 0.3 is 10.1 Å². The highest BCUT2D eigenvalue weighted by Gasteiger charge is 2.16. The van der Waals surface area contributed by atoms with E-state index < -0.39 is 10.1 Å². The topological polar surface area (TPSA) is 84.8 Å². The molecule has 1 N–H and O–H groups in total. The van der Waals surface area contributed by atoms with E-state index in [4.69, 9.17) is 4.18 Å². The van der Waals surface area contributed by atoms with Gasteiger partial charge in [-0.2, -0.15) is 13.5 Å².